The Morgan fingerprint density at radius 1 is 1.33 bits per heavy atom. The van der Waals surface area contributed by atoms with Crippen LogP contribution in [-0.4, -0.2) is 40.0 Å². The average molecular weight is 431 g/mol. The first-order valence-electron chi connectivity index (χ1n) is 9.19. The number of nitrogens with one attached hydrogen (secondary N) is 1. The second kappa shape index (κ2) is 8.23. The van der Waals surface area contributed by atoms with E-state index in [1.54, 1.807) is 11.0 Å². The van der Waals surface area contributed by atoms with Crippen molar-refractivity contribution in [2.45, 2.75) is 12.5 Å². The van der Waals surface area contributed by atoms with Gasteiger partial charge in [-0.2, -0.15) is 0 Å². The standard InChI is InChI=1S/C21H17ClF2N4O2/c1-2-19(29)28-7-6-12(10-28)30-18-8-13-17(9-15(18)23)25-11-26-21(13)27-16-5-3-4-14(22)20(16)24/h2-5,8-9,11-12H,1,6-7,10H2,(H,25,26,27)/t12-/m0/s1. The number of hydrogen-bond donors (Lipinski definition) is 1. The van der Waals surface area contributed by atoms with Gasteiger partial charge in [-0.3, -0.25) is 4.79 Å². The zero-order valence-corrected chi connectivity index (χ0v) is 16.5. The molecule has 30 heavy (non-hydrogen) atoms. The minimum Gasteiger partial charge on any atom is -0.485 e. The van der Waals surface area contributed by atoms with Gasteiger partial charge < -0.3 is 15.0 Å². The number of fused-ring (bicyclic) bond motifs is 1. The van der Waals surface area contributed by atoms with E-state index in [9.17, 15) is 13.6 Å². The van der Waals surface area contributed by atoms with Gasteiger partial charge in [-0.05, 0) is 24.3 Å². The number of hydrogen-bond acceptors (Lipinski definition) is 5. The van der Waals surface area contributed by atoms with Crippen LogP contribution >= 0.6 is 11.6 Å². The van der Waals surface area contributed by atoms with Crippen molar-refractivity contribution in [1.29, 1.82) is 0 Å². The summed E-state index contributed by atoms with van der Waals surface area (Å²) in [5, 5.41) is 3.29. The maximum absolute atomic E-state index is 14.6. The Labute approximate surface area is 176 Å². The van der Waals surface area contributed by atoms with E-state index < -0.39 is 11.6 Å². The summed E-state index contributed by atoms with van der Waals surface area (Å²) < 4.78 is 34.7. The average Bonchev–Trinajstić information content (AvgIpc) is 3.20. The maximum Gasteiger partial charge on any atom is 0.246 e. The van der Waals surface area contributed by atoms with E-state index in [-0.39, 0.29) is 34.3 Å². The number of ether oxygens (including phenoxy) is 1. The highest BCUT2D eigenvalue weighted by Crippen LogP contribution is 2.32. The molecular weight excluding hydrogens is 414 g/mol. The van der Waals surface area contributed by atoms with Gasteiger partial charge >= 0.3 is 0 Å². The highest BCUT2D eigenvalue weighted by atomic mass is 35.5. The molecule has 0 saturated carbocycles. The lowest BCUT2D eigenvalue weighted by Gasteiger charge is -2.17. The Balaban J connectivity index is 1.63. The molecule has 0 bridgehead atoms. The number of aromatic nitrogens is 2. The van der Waals surface area contributed by atoms with E-state index in [1.807, 2.05) is 0 Å². The van der Waals surface area contributed by atoms with Crippen molar-refractivity contribution in [3.05, 3.63) is 66.0 Å². The van der Waals surface area contributed by atoms with E-state index in [2.05, 4.69) is 21.9 Å². The van der Waals surface area contributed by atoms with Gasteiger partial charge in [0, 0.05) is 24.4 Å². The molecule has 154 valence electrons. The van der Waals surface area contributed by atoms with Gasteiger partial charge in [-0.15, -0.1) is 0 Å². The van der Waals surface area contributed by atoms with Crippen molar-refractivity contribution >= 4 is 39.9 Å². The number of anilines is 2. The monoisotopic (exact) mass is 430 g/mol. The molecule has 1 atom stereocenters. The van der Waals surface area contributed by atoms with Crippen LogP contribution < -0.4 is 10.1 Å². The molecule has 1 amide bonds. The summed E-state index contributed by atoms with van der Waals surface area (Å²) in [7, 11) is 0. The molecule has 0 radical (unpaired) electrons. The van der Waals surface area contributed by atoms with Crippen molar-refractivity contribution in [2.24, 2.45) is 0 Å². The summed E-state index contributed by atoms with van der Waals surface area (Å²) >= 11 is 5.83. The van der Waals surface area contributed by atoms with E-state index in [0.717, 1.165) is 0 Å². The van der Waals surface area contributed by atoms with Crippen LogP contribution in [0.25, 0.3) is 10.9 Å². The lowest BCUT2D eigenvalue weighted by molar-refractivity contribution is -0.125. The largest absolute Gasteiger partial charge is 0.485 e. The Morgan fingerprint density at radius 3 is 2.97 bits per heavy atom. The van der Waals surface area contributed by atoms with Gasteiger partial charge in [-0.25, -0.2) is 18.7 Å². The van der Waals surface area contributed by atoms with E-state index in [0.29, 0.717) is 30.4 Å². The minimum absolute atomic E-state index is 0.00446. The highest BCUT2D eigenvalue weighted by Gasteiger charge is 2.27. The lowest BCUT2D eigenvalue weighted by atomic mass is 10.2. The molecule has 1 aliphatic heterocycles. The number of rotatable bonds is 5. The summed E-state index contributed by atoms with van der Waals surface area (Å²) in [6, 6.07) is 7.24. The quantitative estimate of drug-likeness (QED) is 0.605. The SMILES string of the molecule is C=CC(=O)N1CC[C@H](Oc2cc3c(Nc4cccc(Cl)c4F)ncnc3cc2F)C1. The van der Waals surface area contributed by atoms with E-state index in [4.69, 9.17) is 16.3 Å². The van der Waals surface area contributed by atoms with Gasteiger partial charge in [0.15, 0.2) is 17.4 Å². The third kappa shape index (κ3) is 3.91. The van der Waals surface area contributed by atoms with Crippen LogP contribution in [0.4, 0.5) is 20.3 Å². The number of likely N-dealkylation sites (tertiary alicyclic amines) is 1. The highest BCUT2D eigenvalue weighted by molar-refractivity contribution is 6.31. The molecule has 0 unspecified atom stereocenters. The fraction of sp³-hybridized carbons (Fsp3) is 0.190. The van der Waals surface area contributed by atoms with Crippen molar-refractivity contribution in [2.75, 3.05) is 18.4 Å². The Kier molecular flexibility index (Phi) is 5.50. The van der Waals surface area contributed by atoms with Gasteiger partial charge in [0.2, 0.25) is 5.91 Å². The predicted octanol–water partition coefficient (Wildman–Crippen LogP) is 4.47. The van der Waals surface area contributed by atoms with E-state index in [1.165, 1.54) is 36.7 Å². The minimum atomic E-state index is -0.623. The zero-order chi connectivity index (χ0) is 21.3. The first-order valence-corrected chi connectivity index (χ1v) is 9.57. The van der Waals surface area contributed by atoms with Gasteiger partial charge in [-0.1, -0.05) is 24.2 Å². The predicted molar refractivity (Wildman–Crippen MR) is 110 cm³/mol. The zero-order valence-electron chi connectivity index (χ0n) is 15.7. The summed E-state index contributed by atoms with van der Waals surface area (Å²) in [6.07, 6.45) is 2.71. The maximum atomic E-state index is 14.6. The number of amides is 1. The normalized spacial score (nSPS) is 16.0. The van der Waals surface area contributed by atoms with Gasteiger partial charge in [0.1, 0.15) is 18.2 Å². The second-order valence-corrected chi connectivity index (χ2v) is 7.17. The fourth-order valence-electron chi connectivity index (χ4n) is 3.31. The Bertz CT molecular complexity index is 1140. The molecule has 6 nitrogen and oxygen atoms in total. The lowest BCUT2D eigenvalue weighted by Crippen LogP contribution is -2.29. The van der Waals surface area contributed by atoms with Crippen molar-refractivity contribution in [3.8, 4) is 5.75 Å². The number of carbonyl (C=O) groups is 1. The van der Waals surface area contributed by atoms with Gasteiger partial charge in [0.25, 0.3) is 0 Å². The molecule has 1 saturated heterocycles. The molecule has 0 spiro atoms. The molecule has 2 heterocycles. The van der Waals surface area contributed by atoms with Crippen LogP contribution in [0.5, 0.6) is 5.75 Å². The molecule has 1 aromatic heterocycles. The third-order valence-electron chi connectivity index (χ3n) is 4.82. The number of nitrogens with zero attached hydrogens (tertiary/aromatic N) is 3. The molecule has 9 heteroatoms. The van der Waals surface area contributed by atoms with Crippen LogP contribution in [0.2, 0.25) is 5.02 Å². The molecule has 4 rings (SSSR count). The van der Waals surface area contributed by atoms with Crippen molar-refractivity contribution < 1.29 is 18.3 Å². The van der Waals surface area contributed by atoms with E-state index >= 15 is 0 Å². The topological polar surface area (TPSA) is 67.3 Å². The summed E-state index contributed by atoms with van der Waals surface area (Å²) in [5.41, 5.74) is 0.457. The van der Waals surface area contributed by atoms with Crippen LogP contribution in [0.15, 0.2) is 49.3 Å². The first-order chi connectivity index (χ1) is 14.5. The molecule has 1 N–H and O–H groups in total. The summed E-state index contributed by atoms with van der Waals surface area (Å²) in [6.45, 7) is 4.32. The Hall–Kier alpha value is -3.26. The summed E-state index contributed by atoms with van der Waals surface area (Å²) in [4.78, 5) is 21.5. The number of carbonyl (C=O) groups excluding carboxylic acids is 1. The molecule has 0 aliphatic carbocycles. The smallest absolute Gasteiger partial charge is 0.246 e. The van der Waals surface area contributed by atoms with Crippen molar-refractivity contribution in [1.82, 2.24) is 14.9 Å². The molecule has 2 aromatic carbocycles. The second-order valence-electron chi connectivity index (χ2n) is 6.77. The van der Waals surface area contributed by atoms with Gasteiger partial charge in [0.05, 0.1) is 22.8 Å². The van der Waals surface area contributed by atoms with Crippen LogP contribution in [0, 0.1) is 11.6 Å². The first kappa shape index (κ1) is 20.0. The molecular formula is C21H17ClF2N4O2. The summed E-state index contributed by atoms with van der Waals surface area (Å²) in [5.74, 6) is -1.12. The number of benzene rings is 2. The molecule has 1 aliphatic rings. The molecule has 1 fully saturated rings. The van der Waals surface area contributed by atoms with Crippen LogP contribution in [0.1, 0.15) is 6.42 Å². The van der Waals surface area contributed by atoms with Crippen molar-refractivity contribution in [3.63, 3.8) is 0 Å². The number of halogens is 3. The fourth-order valence-corrected chi connectivity index (χ4v) is 3.48. The Morgan fingerprint density at radius 2 is 2.17 bits per heavy atom. The third-order valence-corrected chi connectivity index (χ3v) is 5.11. The van der Waals surface area contributed by atoms with Crippen LogP contribution in [0.3, 0.4) is 0 Å². The molecule has 3 aromatic rings. The van der Waals surface area contributed by atoms with Crippen LogP contribution in [-0.2, 0) is 4.79 Å².